The molecular weight excluding hydrogens is 207 g/mol. The number of ether oxygens (including phenoxy) is 1. The summed E-state index contributed by atoms with van der Waals surface area (Å²) in [6, 6.07) is 5.93. The minimum Gasteiger partial charge on any atom is -0.406 e. The molecule has 0 saturated heterocycles. The summed E-state index contributed by atoms with van der Waals surface area (Å²) in [6.45, 7) is 3.23. The lowest BCUT2D eigenvalue weighted by Gasteiger charge is -2.10. The summed E-state index contributed by atoms with van der Waals surface area (Å²) in [4.78, 5) is 0. The van der Waals surface area contributed by atoms with Crippen molar-refractivity contribution in [3.8, 4) is 5.75 Å². The predicted molar refractivity (Wildman–Crippen MR) is 50.5 cm³/mol. The van der Waals surface area contributed by atoms with E-state index in [-0.39, 0.29) is 5.75 Å². The van der Waals surface area contributed by atoms with Crippen LogP contribution in [0.25, 0.3) is 0 Å². The van der Waals surface area contributed by atoms with Crippen LogP contribution in [0.3, 0.4) is 0 Å². The molecule has 1 N–H and O–H groups in total. The number of halogens is 3. The first-order chi connectivity index (χ1) is 7.01. The second kappa shape index (κ2) is 5.02. The van der Waals surface area contributed by atoms with Gasteiger partial charge >= 0.3 is 6.36 Å². The summed E-state index contributed by atoms with van der Waals surface area (Å²) in [5, 5.41) is 3.02. The maximum absolute atomic E-state index is 11.9. The topological polar surface area (TPSA) is 21.3 Å². The van der Waals surface area contributed by atoms with E-state index in [4.69, 9.17) is 0 Å². The zero-order valence-corrected chi connectivity index (χ0v) is 8.27. The van der Waals surface area contributed by atoms with E-state index in [1.54, 1.807) is 6.07 Å². The van der Waals surface area contributed by atoms with Crippen LogP contribution in [-0.2, 0) is 6.54 Å². The predicted octanol–water partition coefficient (Wildman–Crippen LogP) is 2.69. The zero-order valence-electron chi connectivity index (χ0n) is 8.27. The van der Waals surface area contributed by atoms with Crippen LogP contribution in [0, 0.1) is 0 Å². The van der Waals surface area contributed by atoms with Crippen LogP contribution in [0.2, 0.25) is 0 Å². The molecule has 84 valence electrons. The van der Waals surface area contributed by atoms with Crippen molar-refractivity contribution < 1.29 is 17.9 Å². The Labute approximate surface area is 86.1 Å². The van der Waals surface area contributed by atoms with Gasteiger partial charge in [-0.1, -0.05) is 19.1 Å². The number of hydrogen-bond donors (Lipinski definition) is 1. The van der Waals surface area contributed by atoms with E-state index in [1.165, 1.54) is 18.2 Å². The van der Waals surface area contributed by atoms with Gasteiger partial charge in [0.05, 0.1) is 0 Å². The highest BCUT2D eigenvalue weighted by Crippen LogP contribution is 2.23. The summed E-state index contributed by atoms with van der Waals surface area (Å²) < 4.78 is 39.5. The lowest BCUT2D eigenvalue weighted by molar-refractivity contribution is -0.274. The van der Waals surface area contributed by atoms with Gasteiger partial charge < -0.3 is 10.1 Å². The normalized spacial score (nSPS) is 11.5. The van der Waals surface area contributed by atoms with Crippen molar-refractivity contribution >= 4 is 0 Å². The third kappa shape index (κ3) is 4.69. The molecule has 2 nitrogen and oxygen atoms in total. The molecule has 0 heterocycles. The SMILES string of the molecule is CCNCc1cccc(OC(F)(F)F)c1. The molecule has 5 heteroatoms. The second-order valence-electron chi connectivity index (χ2n) is 2.98. The molecule has 0 aromatic heterocycles. The highest BCUT2D eigenvalue weighted by Gasteiger charge is 2.30. The number of hydrogen-bond acceptors (Lipinski definition) is 2. The van der Waals surface area contributed by atoms with Crippen molar-refractivity contribution in [3.05, 3.63) is 29.8 Å². The molecule has 0 saturated carbocycles. The average Bonchev–Trinajstić information content (AvgIpc) is 2.12. The molecule has 1 rings (SSSR count). The standard InChI is InChI=1S/C10H12F3NO/c1-2-14-7-8-4-3-5-9(6-8)15-10(11,12)13/h3-6,14H,2,7H2,1H3. The Kier molecular flexibility index (Phi) is 3.96. The summed E-state index contributed by atoms with van der Waals surface area (Å²) in [5.41, 5.74) is 0.763. The van der Waals surface area contributed by atoms with Gasteiger partial charge in [-0.25, -0.2) is 0 Å². The minimum atomic E-state index is -4.63. The first kappa shape index (κ1) is 11.8. The van der Waals surface area contributed by atoms with E-state index in [2.05, 4.69) is 10.1 Å². The molecule has 0 aliphatic rings. The van der Waals surface area contributed by atoms with Crippen LogP contribution in [0.5, 0.6) is 5.75 Å². The Morgan fingerprint density at radius 1 is 1.33 bits per heavy atom. The minimum absolute atomic E-state index is 0.182. The van der Waals surface area contributed by atoms with E-state index in [0.29, 0.717) is 6.54 Å². The van der Waals surface area contributed by atoms with Crippen LogP contribution < -0.4 is 10.1 Å². The van der Waals surface area contributed by atoms with E-state index in [0.717, 1.165) is 12.1 Å². The maximum atomic E-state index is 11.9. The van der Waals surface area contributed by atoms with Crippen LogP contribution in [0.4, 0.5) is 13.2 Å². The summed E-state index contributed by atoms with van der Waals surface area (Å²) in [7, 11) is 0. The van der Waals surface area contributed by atoms with Crippen molar-refractivity contribution in [1.82, 2.24) is 5.32 Å². The van der Waals surface area contributed by atoms with Gasteiger partial charge in [-0.05, 0) is 24.2 Å². The van der Waals surface area contributed by atoms with E-state index in [9.17, 15) is 13.2 Å². The molecule has 0 bridgehead atoms. The van der Waals surface area contributed by atoms with Crippen molar-refractivity contribution in [2.75, 3.05) is 6.54 Å². The molecule has 15 heavy (non-hydrogen) atoms. The van der Waals surface area contributed by atoms with Crippen molar-refractivity contribution in [2.24, 2.45) is 0 Å². The summed E-state index contributed by atoms with van der Waals surface area (Å²) >= 11 is 0. The lowest BCUT2D eigenvalue weighted by Crippen LogP contribution is -2.17. The van der Waals surface area contributed by atoms with Crippen LogP contribution >= 0.6 is 0 Å². The highest BCUT2D eigenvalue weighted by atomic mass is 19.4. The Morgan fingerprint density at radius 3 is 2.67 bits per heavy atom. The monoisotopic (exact) mass is 219 g/mol. The number of alkyl halides is 3. The fraction of sp³-hybridized carbons (Fsp3) is 0.400. The largest absolute Gasteiger partial charge is 0.573 e. The van der Waals surface area contributed by atoms with Crippen LogP contribution in [0.15, 0.2) is 24.3 Å². The van der Waals surface area contributed by atoms with Crippen LogP contribution in [-0.4, -0.2) is 12.9 Å². The molecular formula is C10H12F3NO. The number of benzene rings is 1. The van der Waals surface area contributed by atoms with Gasteiger partial charge in [-0.2, -0.15) is 0 Å². The second-order valence-corrected chi connectivity index (χ2v) is 2.98. The Bertz CT molecular complexity index is 312. The zero-order chi connectivity index (χ0) is 11.3. The van der Waals surface area contributed by atoms with Gasteiger partial charge in [0.15, 0.2) is 0 Å². The fourth-order valence-corrected chi connectivity index (χ4v) is 1.12. The van der Waals surface area contributed by atoms with Gasteiger partial charge in [-0.3, -0.25) is 0 Å². The number of rotatable bonds is 4. The average molecular weight is 219 g/mol. The molecule has 0 atom stereocenters. The highest BCUT2D eigenvalue weighted by molar-refractivity contribution is 5.28. The molecule has 0 unspecified atom stereocenters. The first-order valence-corrected chi connectivity index (χ1v) is 4.56. The Morgan fingerprint density at radius 2 is 2.07 bits per heavy atom. The van der Waals surface area contributed by atoms with Gasteiger partial charge in [-0.15, -0.1) is 13.2 Å². The summed E-state index contributed by atoms with van der Waals surface area (Å²) in [6.07, 6.45) is -4.63. The van der Waals surface area contributed by atoms with Crippen LogP contribution in [0.1, 0.15) is 12.5 Å². The smallest absolute Gasteiger partial charge is 0.406 e. The molecule has 0 amide bonds. The fourth-order valence-electron chi connectivity index (χ4n) is 1.12. The number of nitrogens with one attached hydrogen (secondary N) is 1. The van der Waals surface area contributed by atoms with Gasteiger partial charge in [0, 0.05) is 6.54 Å². The first-order valence-electron chi connectivity index (χ1n) is 4.56. The maximum Gasteiger partial charge on any atom is 0.573 e. The summed E-state index contributed by atoms with van der Waals surface area (Å²) in [5.74, 6) is -0.182. The van der Waals surface area contributed by atoms with Gasteiger partial charge in [0.25, 0.3) is 0 Å². The van der Waals surface area contributed by atoms with Crippen molar-refractivity contribution in [3.63, 3.8) is 0 Å². The van der Waals surface area contributed by atoms with Gasteiger partial charge in [0.1, 0.15) is 5.75 Å². The Hall–Kier alpha value is -1.23. The molecule has 1 aromatic rings. The quantitative estimate of drug-likeness (QED) is 0.840. The Balaban J connectivity index is 2.66. The van der Waals surface area contributed by atoms with Crippen molar-refractivity contribution in [1.29, 1.82) is 0 Å². The molecule has 0 radical (unpaired) electrons. The van der Waals surface area contributed by atoms with E-state index in [1.807, 2.05) is 6.92 Å². The third-order valence-corrected chi connectivity index (χ3v) is 1.71. The lowest BCUT2D eigenvalue weighted by atomic mass is 10.2. The molecule has 0 aliphatic heterocycles. The van der Waals surface area contributed by atoms with Gasteiger partial charge in [0.2, 0.25) is 0 Å². The van der Waals surface area contributed by atoms with E-state index < -0.39 is 6.36 Å². The molecule has 0 spiro atoms. The van der Waals surface area contributed by atoms with E-state index >= 15 is 0 Å². The molecule has 0 fully saturated rings. The molecule has 0 aliphatic carbocycles. The molecule has 1 aromatic carbocycles. The van der Waals surface area contributed by atoms with Crippen molar-refractivity contribution in [2.45, 2.75) is 19.8 Å². The third-order valence-electron chi connectivity index (χ3n) is 1.71.